The lowest BCUT2D eigenvalue weighted by molar-refractivity contribution is 0.425. The molecular formula is C26H23Cl2NS. The van der Waals surface area contributed by atoms with Crippen LogP contribution in [0.1, 0.15) is 40.6 Å². The van der Waals surface area contributed by atoms with Gasteiger partial charge in [-0.1, -0.05) is 77.8 Å². The maximum atomic E-state index is 6.61. The van der Waals surface area contributed by atoms with Crippen LogP contribution in [0.4, 0.5) is 5.69 Å². The Morgan fingerprint density at radius 1 is 1.00 bits per heavy atom. The first-order valence-corrected chi connectivity index (χ1v) is 12.0. The predicted octanol–water partition coefficient (Wildman–Crippen LogP) is 8.42. The average molecular weight is 452 g/mol. The third-order valence-electron chi connectivity index (χ3n) is 6.19. The number of hydrogen-bond acceptors (Lipinski definition) is 2. The van der Waals surface area contributed by atoms with Gasteiger partial charge in [0.05, 0.1) is 16.1 Å². The van der Waals surface area contributed by atoms with Gasteiger partial charge in [-0.15, -0.1) is 11.8 Å². The fourth-order valence-corrected chi connectivity index (χ4v) is 6.07. The maximum Gasteiger partial charge on any atom is 0.0645 e. The number of thioether (sulfide) groups is 1. The lowest BCUT2D eigenvalue weighted by Gasteiger charge is -2.39. The van der Waals surface area contributed by atoms with E-state index in [2.05, 4.69) is 72.9 Å². The minimum absolute atomic E-state index is 0.159. The molecule has 0 spiro atoms. The summed E-state index contributed by atoms with van der Waals surface area (Å²) in [5, 5.41) is 5.12. The number of nitrogens with one attached hydrogen (secondary N) is 1. The number of benzene rings is 3. The van der Waals surface area contributed by atoms with E-state index in [0.29, 0.717) is 21.9 Å². The van der Waals surface area contributed by atoms with Crippen molar-refractivity contribution in [2.75, 3.05) is 5.32 Å². The zero-order chi connectivity index (χ0) is 20.7. The first kappa shape index (κ1) is 20.1. The number of anilines is 1. The highest BCUT2D eigenvalue weighted by molar-refractivity contribution is 7.98. The summed E-state index contributed by atoms with van der Waals surface area (Å²) >= 11 is 14.8. The van der Waals surface area contributed by atoms with E-state index in [9.17, 15) is 0 Å². The standard InChI is InChI=1S/C26H23Cl2NS/c1-16-13-17(15-30-18-7-3-2-4-8-18)14-22-19-9-5-10-20(19)26(29-25(16)22)21-11-6-12-23(27)24(21)28/h2-9,11-14,19-20,26,29H,10,15H2,1H3/t19-,20+,26-/m0/s1. The van der Waals surface area contributed by atoms with E-state index in [0.717, 1.165) is 17.7 Å². The van der Waals surface area contributed by atoms with Gasteiger partial charge >= 0.3 is 0 Å². The molecule has 3 aromatic rings. The second-order valence-electron chi connectivity index (χ2n) is 8.10. The van der Waals surface area contributed by atoms with E-state index in [1.165, 1.54) is 27.3 Å². The summed E-state index contributed by atoms with van der Waals surface area (Å²) < 4.78 is 0. The van der Waals surface area contributed by atoms with Gasteiger partial charge in [0.25, 0.3) is 0 Å². The largest absolute Gasteiger partial charge is 0.377 e. The Morgan fingerprint density at radius 2 is 1.83 bits per heavy atom. The summed E-state index contributed by atoms with van der Waals surface area (Å²) in [6.07, 6.45) is 5.74. The summed E-state index contributed by atoms with van der Waals surface area (Å²) in [5.41, 5.74) is 6.42. The minimum Gasteiger partial charge on any atom is -0.377 e. The monoisotopic (exact) mass is 451 g/mol. The molecule has 0 saturated carbocycles. The van der Waals surface area contributed by atoms with Gasteiger partial charge in [-0.05, 0) is 59.7 Å². The molecular weight excluding hydrogens is 429 g/mol. The molecule has 0 saturated heterocycles. The first-order valence-electron chi connectivity index (χ1n) is 10.3. The van der Waals surface area contributed by atoms with E-state index >= 15 is 0 Å². The maximum absolute atomic E-state index is 6.61. The molecule has 1 aliphatic carbocycles. The van der Waals surface area contributed by atoms with Crippen LogP contribution >= 0.6 is 35.0 Å². The molecule has 3 atom stereocenters. The lowest BCUT2D eigenvalue weighted by Crippen LogP contribution is -2.30. The van der Waals surface area contributed by atoms with Crippen molar-refractivity contribution >= 4 is 40.7 Å². The van der Waals surface area contributed by atoms with Gasteiger partial charge in [0, 0.05) is 22.3 Å². The Hall–Kier alpha value is -1.87. The molecule has 30 heavy (non-hydrogen) atoms. The van der Waals surface area contributed by atoms with Crippen molar-refractivity contribution in [3.8, 4) is 0 Å². The van der Waals surface area contributed by atoms with Crippen molar-refractivity contribution in [1.29, 1.82) is 0 Å². The van der Waals surface area contributed by atoms with E-state index < -0.39 is 0 Å². The average Bonchev–Trinajstić information content (AvgIpc) is 3.25. The number of aryl methyl sites for hydroxylation is 1. The third-order valence-corrected chi connectivity index (χ3v) is 8.11. The van der Waals surface area contributed by atoms with Crippen molar-refractivity contribution in [3.63, 3.8) is 0 Å². The van der Waals surface area contributed by atoms with Crippen LogP contribution in [0.2, 0.25) is 10.0 Å². The third kappa shape index (κ3) is 3.66. The molecule has 1 aliphatic heterocycles. The van der Waals surface area contributed by atoms with E-state index in [4.69, 9.17) is 23.2 Å². The van der Waals surface area contributed by atoms with Crippen molar-refractivity contribution in [2.45, 2.75) is 36.0 Å². The van der Waals surface area contributed by atoms with Gasteiger partial charge < -0.3 is 5.32 Å². The predicted molar refractivity (Wildman–Crippen MR) is 130 cm³/mol. The SMILES string of the molecule is Cc1cc(CSc2ccccc2)cc2c1N[C@H](c1cccc(Cl)c1Cl)[C@@H]1CC=C[C@H]21. The topological polar surface area (TPSA) is 12.0 Å². The van der Waals surface area contributed by atoms with Crippen LogP contribution in [0.25, 0.3) is 0 Å². The van der Waals surface area contributed by atoms with Gasteiger partial charge in [-0.25, -0.2) is 0 Å². The van der Waals surface area contributed by atoms with Crippen LogP contribution in [-0.2, 0) is 5.75 Å². The van der Waals surface area contributed by atoms with Gasteiger partial charge in [0.1, 0.15) is 0 Å². The van der Waals surface area contributed by atoms with Crippen LogP contribution in [0.15, 0.2) is 77.7 Å². The van der Waals surface area contributed by atoms with Gasteiger partial charge in [0.15, 0.2) is 0 Å². The normalized spacial score (nSPS) is 21.8. The van der Waals surface area contributed by atoms with Crippen LogP contribution in [-0.4, -0.2) is 0 Å². The molecule has 152 valence electrons. The van der Waals surface area contributed by atoms with Crippen LogP contribution in [0.5, 0.6) is 0 Å². The lowest BCUT2D eigenvalue weighted by atomic mass is 9.76. The molecule has 0 aromatic heterocycles. The quantitative estimate of drug-likeness (QED) is 0.315. The fourth-order valence-electron chi connectivity index (χ4n) is 4.80. The Balaban J connectivity index is 1.49. The molecule has 1 N–H and O–H groups in total. The number of rotatable bonds is 4. The highest BCUT2D eigenvalue weighted by Gasteiger charge is 2.39. The smallest absolute Gasteiger partial charge is 0.0645 e. The van der Waals surface area contributed by atoms with Crippen molar-refractivity contribution in [1.82, 2.24) is 0 Å². The summed E-state index contributed by atoms with van der Waals surface area (Å²) in [5.74, 6) is 1.83. The summed E-state index contributed by atoms with van der Waals surface area (Å²) in [6.45, 7) is 2.21. The molecule has 0 unspecified atom stereocenters. The molecule has 0 amide bonds. The molecule has 1 heterocycles. The number of fused-ring (bicyclic) bond motifs is 3. The van der Waals surface area contributed by atoms with E-state index in [1.807, 2.05) is 23.9 Å². The minimum atomic E-state index is 0.159. The highest BCUT2D eigenvalue weighted by atomic mass is 35.5. The highest BCUT2D eigenvalue weighted by Crippen LogP contribution is 2.52. The van der Waals surface area contributed by atoms with E-state index in [-0.39, 0.29) is 6.04 Å². The van der Waals surface area contributed by atoms with Crippen molar-refractivity contribution in [2.24, 2.45) is 5.92 Å². The Kier molecular flexibility index (Phi) is 5.58. The summed E-state index contributed by atoms with van der Waals surface area (Å²) in [6, 6.07) is 21.4. The van der Waals surface area contributed by atoms with Gasteiger partial charge in [0.2, 0.25) is 0 Å². The van der Waals surface area contributed by atoms with Gasteiger partial charge in [-0.2, -0.15) is 0 Å². The molecule has 4 heteroatoms. The molecule has 0 fully saturated rings. The van der Waals surface area contributed by atoms with Crippen LogP contribution < -0.4 is 5.32 Å². The molecule has 5 rings (SSSR count). The molecule has 0 bridgehead atoms. The Morgan fingerprint density at radius 3 is 2.67 bits per heavy atom. The van der Waals surface area contributed by atoms with Crippen molar-refractivity contribution in [3.05, 3.63) is 105 Å². The number of halogens is 2. The molecule has 1 nitrogen and oxygen atoms in total. The van der Waals surface area contributed by atoms with Crippen molar-refractivity contribution < 1.29 is 0 Å². The zero-order valence-corrected chi connectivity index (χ0v) is 19.1. The molecule has 0 radical (unpaired) electrons. The Bertz CT molecular complexity index is 1110. The summed E-state index contributed by atoms with van der Waals surface area (Å²) in [4.78, 5) is 1.31. The molecule has 3 aromatic carbocycles. The Labute approximate surface area is 192 Å². The number of allylic oxidation sites excluding steroid dienone is 2. The fraction of sp³-hybridized carbons (Fsp3) is 0.231. The van der Waals surface area contributed by atoms with Crippen LogP contribution in [0.3, 0.4) is 0 Å². The second kappa shape index (κ2) is 8.34. The molecule has 2 aliphatic rings. The van der Waals surface area contributed by atoms with Gasteiger partial charge in [-0.3, -0.25) is 0 Å². The second-order valence-corrected chi connectivity index (χ2v) is 9.93. The summed E-state index contributed by atoms with van der Waals surface area (Å²) in [7, 11) is 0. The van der Waals surface area contributed by atoms with E-state index in [1.54, 1.807) is 0 Å². The number of hydrogen-bond donors (Lipinski definition) is 1. The first-order chi connectivity index (χ1) is 14.6. The van der Waals surface area contributed by atoms with Crippen LogP contribution in [0, 0.1) is 12.8 Å². The zero-order valence-electron chi connectivity index (χ0n) is 16.7.